The second-order valence-electron chi connectivity index (χ2n) is 6.38. The molecule has 0 amide bonds. The predicted octanol–water partition coefficient (Wildman–Crippen LogP) is 4.78. The van der Waals surface area contributed by atoms with Crippen molar-refractivity contribution in [3.8, 4) is 0 Å². The molecule has 1 N–H and O–H groups in total. The number of nitrogens with one attached hydrogen (secondary N) is 1. The minimum absolute atomic E-state index is 0.538. The van der Waals surface area contributed by atoms with Gasteiger partial charge in [0.05, 0.1) is 0 Å². The van der Waals surface area contributed by atoms with Crippen LogP contribution in [-0.2, 0) is 0 Å². The van der Waals surface area contributed by atoms with Gasteiger partial charge in [0.2, 0.25) is 0 Å². The molecule has 1 unspecified atom stereocenters. The van der Waals surface area contributed by atoms with E-state index in [1.54, 1.807) is 0 Å². The van der Waals surface area contributed by atoms with E-state index in [2.05, 4.69) is 51.3 Å². The van der Waals surface area contributed by atoms with Crippen molar-refractivity contribution in [1.82, 2.24) is 5.32 Å². The number of hydrogen-bond acceptors (Lipinski definition) is 1. The molecule has 1 saturated carbocycles. The average Bonchev–Trinajstić information content (AvgIpc) is 2.39. The standard InChI is InChI=1S/C18H29N/c1-5-15-6-8-16(9-7-15)18(19-4)17-11-13(2)10-14(3)12-17/h10-12,15-16,18-19H,5-9H2,1-4H3. The predicted molar refractivity (Wildman–Crippen MR) is 83.5 cm³/mol. The van der Waals surface area contributed by atoms with Gasteiger partial charge in [-0.2, -0.15) is 0 Å². The normalized spacial score (nSPS) is 25.3. The monoisotopic (exact) mass is 259 g/mol. The molecule has 0 aliphatic heterocycles. The Morgan fingerprint density at radius 2 is 1.63 bits per heavy atom. The van der Waals surface area contributed by atoms with Crippen molar-refractivity contribution < 1.29 is 0 Å². The molecule has 0 bridgehead atoms. The van der Waals surface area contributed by atoms with Crippen LogP contribution < -0.4 is 5.32 Å². The minimum atomic E-state index is 0.538. The zero-order valence-electron chi connectivity index (χ0n) is 13.0. The smallest absolute Gasteiger partial charge is 0.0346 e. The summed E-state index contributed by atoms with van der Waals surface area (Å²) >= 11 is 0. The Labute approximate surface area is 118 Å². The van der Waals surface area contributed by atoms with Crippen LogP contribution in [0, 0.1) is 25.7 Å². The molecular weight excluding hydrogens is 230 g/mol. The van der Waals surface area contributed by atoms with Crippen LogP contribution in [-0.4, -0.2) is 7.05 Å². The van der Waals surface area contributed by atoms with Gasteiger partial charge < -0.3 is 5.32 Å². The Hall–Kier alpha value is -0.820. The summed E-state index contributed by atoms with van der Waals surface area (Å²) in [4.78, 5) is 0. The van der Waals surface area contributed by atoms with Crippen molar-refractivity contribution in [1.29, 1.82) is 0 Å². The highest BCUT2D eigenvalue weighted by Crippen LogP contribution is 2.38. The summed E-state index contributed by atoms with van der Waals surface area (Å²) in [6.07, 6.45) is 6.97. The fourth-order valence-corrected chi connectivity index (χ4v) is 3.79. The number of rotatable bonds is 4. The van der Waals surface area contributed by atoms with Gasteiger partial charge in [0.15, 0.2) is 0 Å². The number of aryl methyl sites for hydroxylation is 2. The zero-order chi connectivity index (χ0) is 13.8. The van der Waals surface area contributed by atoms with Crippen molar-refractivity contribution >= 4 is 0 Å². The lowest BCUT2D eigenvalue weighted by Gasteiger charge is -2.34. The number of hydrogen-bond donors (Lipinski definition) is 1. The molecular formula is C18H29N. The summed E-state index contributed by atoms with van der Waals surface area (Å²) in [6, 6.07) is 7.53. The van der Waals surface area contributed by atoms with E-state index in [1.165, 1.54) is 48.8 Å². The Morgan fingerprint density at radius 3 is 2.11 bits per heavy atom. The van der Waals surface area contributed by atoms with Crippen molar-refractivity contribution in [3.63, 3.8) is 0 Å². The SMILES string of the molecule is CCC1CCC(C(NC)c2cc(C)cc(C)c2)CC1. The molecule has 1 heteroatoms. The molecule has 1 aliphatic rings. The topological polar surface area (TPSA) is 12.0 Å². The Morgan fingerprint density at radius 1 is 1.05 bits per heavy atom. The fourth-order valence-electron chi connectivity index (χ4n) is 3.79. The summed E-state index contributed by atoms with van der Waals surface area (Å²) in [6.45, 7) is 6.75. The molecule has 1 aromatic carbocycles. The van der Waals surface area contributed by atoms with Crippen molar-refractivity contribution in [3.05, 3.63) is 34.9 Å². The van der Waals surface area contributed by atoms with Crippen LogP contribution in [0.5, 0.6) is 0 Å². The minimum Gasteiger partial charge on any atom is -0.313 e. The third-order valence-electron chi connectivity index (χ3n) is 4.85. The molecule has 1 atom stereocenters. The lowest BCUT2D eigenvalue weighted by Crippen LogP contribution is -2.28. The molecule has 0 saturated heterocycles. The van der Waals surface area contributed by atoms with Crippen LogP contribution in [0.2, 0.25) is 0 Å². The first kappa shape index (κ1) is 14.6. The van der Waals surface area contributed by atoms with Gasteiger partial charge in [-0.1, -0.05) is 55.5 Å². The Kier molecular flexibility index (Phi) is 5.04. The summed E-state index contributed by atoms with van der Waals surface area (Å²) in [5, 5.41) is 3.58. The largest absolute Gasteiger partial charge is 0.313 e. The van der Waals surface area contributed by atoms with Crippen LogP contribution in [0.15, 0.2) is 18.2 Å². The number of benzene rings is 1. The van der Waals surface area contributed by atoms with Gasteiger partial charge in [-0.15, -0.1) is 0 Å². The molecule has 1 aliphatic carbocycles. The summed E-state index contributed by atoms with van der Waals surface area (Å²) < 4.78 is 0. The fraction of sp³-hybridized carbons (Fsp3) is 0.667. The van der Waals surface area contributed by atoms with Crippen LogP contribution in [0.25, 0.3) is 0 Å². The van der Waals surface area contributed by atoms with Gasteiger partial charge in [-0.3, -0.25) is 0 Å². The molecule has 1 fully saturated rings. The molecule has 1 aromatic rings. The van der Waals surface area contributed by atoms with Crippen molar-refractivity contribution in [2.24, 2.45) is 11.8 Å². The van der Waals surface area contributed by atoms with Crippen molar-refractivity contribution in [2.75, 3.05) is 7.05 Å². The second kappa shape index (κ2) is 6.56. The summed E-state index contributed by atoms with van der Waals surface area (Å²) in [5.41, 5.74) is 4.26. The van der Waals surface area contributed by atoms with E-state index in [1.807, 2.05) is 0 Å². The van der Waals surface area contributed by atoms with E-state index in [0.717, 1.165) is 11.8 Å². The summed E-state index contributed by atoms with van der Waals surface area (Å²) in [7, 11) is 2.12. The maximum atomic E-state index is 3.58. The van der Waals surface area contributed by atoms with Gasteiger partial charge in [-0.05, 0) is 51.1 Å². The average molecular weight is 259 g/mol. The molecule has 0 spiro atoms. The van der Waals surface area contributed by atoms with E-state index in [0.29, 0.717) is 6.04 Å². The Bertz CT molecular complexity index is 382. The summed E-state index contributed by atoms with van der Waals surface area (Å²) in [5.74, 6) is 1.79. The third-order valence-corrected chi connectivity index (χ3v) is 4.85. The van der Waals surface area contributed by atoms with Gasteiger partial charge in [0.25, 0.3) is 0 Å². The van der Waals surface area contributed by atoms with E-state index in [4.69, 9.17) is 0 Å². The van der Waals surface area contributed by atoms with E-state index in [9.17, 15) is 0 Å². The van der Waals surface area contributed by atoms with E-state index in [-0.39, 0.29) is 0 Å². The van der Waals surface area contributed by atoms with Crippen LogP contribution >= 0.6 is 0 Å². The first-order valence-electron chi connectivity index (χ1n) is 7.89. The Balaban J connectivity index is 2.11. The molecule has 1 nitrogen and oxygen atoms in total. The third kappa shape index (κ3) is 3.60. The van der Waals surface area contributed by atoms with E-state index >= 15 is 0 Å². The lowest BCUT2D eigenvalue weighted by molar-refractivity contribution is 0.224. The maximum Gasteiger partial charge on any atom is 0.0346 e. The van der Waals surface area contributed by atoms with Crippen LogP contribution in [0.1, 0.15) is 61.8 Å². The molecule has 106 valence electrons. The van der Waals surface area contributed by atoms with E-state index < -0.39 is 0 Å². The molecule has 0 aromatic heterocycles. The van der Waals surface area contributed by atoms with Gasteiger partial charge in [-0.25, -0.2) is 0 Å². The molecule has 0 radical (unpaired) electrons. The molecule has 0 heterocycles. The van der Waals surface area contributed by atoms with Gasteiger partial charge in [0.1, 0.15) is 0 Å². The van der Waals surface area contributed by atoms with Crippen LogP contribution in [0.4, 0.5) is 0 Å². The lowest BCUT2D eigenvalue weighted by atomic mass is 9.76. The van der Waals surface area contributed by atoms with Gasteiger partial charge in [0, 0.05) is 6.04 Å². The van der Waals surface area contributed by atoms with Gasteiger partial charge >= 0.3 is 0 Å². The van der Waals surface area contributed by atoms with Crippen molar-refractivity contribution in [2.45, 2.75) is 58.9 Å². The highest BCUT2D eigenvalue weighted by Gasteiger charge is 2.27. The first-order valence-corrected chi connectivity index (χ1v) is 7.89. The van der Waals surface area contributed by atoms with Crippen LogP contribution in [0.3, 0.4) is 0 Å². The maximum absolute atomic E-state index is 3.58. The highest BCUT2D eigenvalue weighted by atomic mass is 14.9. The first-order chi connectivity index (χ1) is 9.13. The molecule has 19 heavy (non-hydrogen) atoms. The molecule has 2 rings (SSSR count). The second-order valence-corrected chi connectivity index (χ2v) is 6.38. The zero-order valence-corrected chi connectivity index (χ0v) is 13.0. The highest BCUT2D eigenvalue weighted by molar-refractivity contribution is 5.31. The quantitative estimate of drug-likeness (QED) is 0.820.